The van der Waals surface area contributed by atoms with Gasteiger partial charge < -0.3 is 10.3 Å². The molecule has 8 nitrogen and oxygen atoms in total. The van der Waals surface area contributed by atoms with E-state index in [4.69, 9.17) is 10.3 Å². The third-order valence-electron chi connectivity index (χ3n) is 2.77. The zero-order valence-corrected chi connectivity index (χ0v) is 10.6. The quantitative estimate of drug-likeness (QED) is 0.578. The maximum Gasteiger partial charge on any atom is 0.269 e. The van der Waals surface area contributed by atoms with E-state index in [0.29, 0.717) is 22.6 Å². The van der Waals surface area contributed by atoms with Crippen LogP contribution in [0.2, 0.25) is 0 Å². The van der Waals surface area contributed by atoms with Gasteiger partial charge in [0, 0.05) is 30.1 Å². The standard InChI is InChI=1S/C13H9N5O3/c14-10-5-9(6-15-7-10)13-16-12(17-21-13)8-1-3-11(4-2-8)18(19)20/h1-7H,14H2. The van der Waals surface area contributed by atoms with Crippen molar-refractivity contribution in [3.63, 3.8) is 0 Å². The monoisotopic (exact) mass is 283 g/mol. The minimum atomic E-state index is -0.468. The molecule has 21 heavy (non-hydrogen) atoms. The lowest BCUT2D eigenvalue weighted by atomic mass is 10.2. The highest BCUT2D eigenvalue weighted by molar-refractivity contribution is 5.62. The molecule has 0 unspecified atom stereocenters. The smallest absolute Gasteiger partial charge is 0.269 e. The van der Waals surface area contributed by atoms with Crippen molar-refractivity contribution in [1.82, 2.24) is 15.1 Å². The highest BCUT2D eigenvalue weighted by Crippen LogP contribution is 2.24. The van der Waals surface area contributed by atoms with Gasteiger partial charge in [0.1, 0.15) is 0 Å². The minimum Gasteiger partial charge on any atom is -0.397 e. The first-order valence-corrected chi connectivity index (χ1v) is 5.93. The molecule has 8 heteroatoms. The highest BCUT2D eigenvalue weighted by atomic mass is 16.6. The summed E-state index contributed by atoms with van der Waals surface area (Å²) in [6.45, 7) is 0. The second-order valence-electron chi connectivity index (χ2n) is 4.23. The van der Waals surface area contributed by atoms with Gasteiger partial charge >= 0.3 is 0 Å². The van der Waals surface area contributed by atoms with E-state index in [1.807, 2.05) is 0 Å². The maximum atomic E-state index is 10.6. The molecule has 0 saturated carbocycles. The summed E-state index contributed by atoms with van der Waals surface area (Å²) in [5, 5.41) is 14.4. The zero-order chi connectivity index (χ0) is 14.8. The number of hydrogen-bond acceptors (Lipinski definition) is 7. The minimum absolute atomic E-state index is 0.00232. The summed E-state index contributed by atoms with van der Waals surface area (Å²) in [4.78, 5) is 18.3. The second-order valence-corrected chi connectivity index (χ2v) is 4.23. The van der Waals surface area contributed by atoms with Gasteiger partial charge in [-0.05, 0) is 18.2 Å². The first-order valence-electron chi connectivity index (χ1n) is 5.93. The number of benzene rings is 1. The van der Waals surface area contributed by atoms with E-state index >= 15 is 0 Å². The average Bonchev–Trinajstić information content (AvgIpc) is 2.97. The van der Waals surface area contributed by atoms with Crippen LogP contribution in [0.25, 0.3) is 22.8 Å². The molecule has 2 N–H and O–H groups in total. The number of anilines is 1. The van der Waals surface area contributed by atoms with Gasteiger partial charge in [-0.25, -0.2) is 0 Å². The van der Waals surface area contributed by atoms with Crippen molar-refractivity contribution in [2.24, 2.45) is 0 Å². The molecule has 2 heterocycles. The molecule has 3 aromatic rings. The summed E-state index contributed by atoms with van der Waals surface area (Å²) in [6.07, 6.45) is 3.07. The highest BCUT2D eigenvalue weighted by Gasteiger charge is 2.12. The molecule has 0 bridgehead atoms. The van der Waals surface area contributed by atoms with Crippen LogP contribution in [0, 0.1) is 10.1 Å². The summed E-state index contributed by atoms with van der Waals surface area (Å²) in [6, 6.07) is 7.55. The van der Waals surface area contributed by atoms with Crippen LogP contribution in [0.1, 0.15) is 0 Å². The molecule has 0 amide bonds. The summed E-state index contributed by atoms with van der Waals surface area (Å²) >= 11 is 0. The fraction of sp³-hybridized carbons (Fsp3) is 0. The van der Waals surface area contributed by atoms with Crippen LogP contribution in [0.4, 0.5) is 11.4 Å². The maximum absolute atomic E-state index is 10.6. The van der Waals surface area contributed by atoms with Gasteiger partial charge in [-0.15, -0.1) is 0 Å². The number of nitrogens with two attached hydrogens (primary N) is 1. The Morgan fingerprint density at radius 3 is 2.57 bits per heavy atom. The van der Waals surface area contributed by atoms with Crippen molar-refractivity contribution in [2.45, 2.75) is 0 Å². The summed E-state index contributed by atoms with van der Waals surface area (Å²) < 4.78 is 5.15. The predicted octanol–water partition coefficient (Wildman–Crippen LogP) is 2.29. The lowest BCUT2D eigenvalue weighted by Gasteiger charge is -1.95. The molecule has 0 spiro atoms. The Hall–Kier alpha value is -3.29. The number of hydrogen-bond donors (Lipinski definition) is 1. The number of nitrogens with zero attached hydrogens (tertiary/aromatic N) is 4. The number of nitrogen functional groups attached to an aromatic ring is 1. The Labute approximate surface area is 118 Å². The van der Waals surface area contributed by atoms with Gasteiger partial charge in [-0.3, -0.25) is 15.1 Å². The molecular weight excluding hydrogens is 274 g/mol. The zero-order valence-electron chi connectivity index (χ0n) is 10.6. The van der Waals surface area contributed by atoms with Gasteiger partial charge in [-0.2, -0.15) is 4.98 Å². The molecule has 104 valence electrons. The van der Waals surface area contributed by atoms with Gasteiger partial charge in [0.05, 0.1) is 16.2 Å². The molecule has 2 aromatic heterocycles. The molecule has 0 aliphatic carbocycles. The van der Waals surface area contributed by atoms with E-state index in [-0.39, 0.29) is 11.6 Å². The molecule has 0 atom stereocenters. The van der Waals surface area contributed by atoms with E-state index in [0.717, 1.165) is 0 Å². The van der Waals surface area contributed by atoms with Crippen LogP contribution < -0.4 is 5.73 Å². The third kappa shape index (κ3) is 2.54. The largest absolute Gasteiger partial charge is 0.397 e. The van der Waals surface area contributed by atoms with Crippen LogP contribution in [-0.4, -0.2) is 20.0 Å². The van der Waals surface area contributed by atoms with Crippen molar-refractivity contribution < 1.29 is 9.45 Å². The molecule has 1 aromatic carbocycles. The lowest BCUT2D eigenvalue weighted by molar-refractivity contribution is -0.384. The van der Waals surface area contributed by atoms with Crippen LogP contribution in [0.5, 0.6) is 0 Å². The molecule has 0 aliphatic rings. The Morgan fingerprint density at radius 1 is 1.14 bits per heavy atom. The first kappa shape index (κ1) is 12.7. The predicted molar refractivity (Wildman–Crippen MR) is 74.0 cm³/mol. The van der Waals surface area contributed by atoms with E-state index in [1.165, 1.54) is 18.3 Å². The molecule has 0 saturated heterocycles. The van der Waals surface area contributed by atoms with E-state index in [2.05, 4.69) is 15.1 Å². The fourth-order valence-electron chi connectivity index (χ4n) is 1.76. The molecule has 3 rings (SSSR count). The van der Waals surface area contributed by atoms with Gasteiger partial charge in [-0.1, -0.05) is 5.16 Å². The number of rotatable bonds is 3. The van der Waals surface area contributed by atoms with Crippen molar-refractivity contribution in [2.75, 3.05) is 5.73 Å². The van der Waals surface area contributed by atoms with Crippen molar-refractivity contribution >= 4 is 11.4 Å². The Bertz CT molecular complexity index is 798. The van der Waals surface area contributed by atoms with Crippen LogP contribution >= 0.6 is 0 Å². The molecule has 0 fully saturated rings. The van der Waals surface area contributed by atoms with Crippen molar-refractivity contribution in [3.05, 3.63) is 52.8 Å². The lowest BCUT2D eigenvalue weighted by Crippen LogP contribution is -1.88. The Morgan fingerprint density at radius 2 is 1.90 bits per heavy atom. The molecular formula is C13H9N5O3. The van der Waals surface area contributed by atoms with Gasteiger partial charge in [0.15, 0.2) is 0 Å². The number of non-ortho nitro benzene ring substituents is 1. The average molecular weight is 283 g/mol. The van der Waals surface area contributed by atoms with E-state index in [9.17, 15) is 10.1 Å². The van der Waals surface area contributed by atoms with Gasteiger partial charge in [0.2, 0.25) is 5.82 Å². The molecule has 0 aliphatic heterocycles. The number of pyridine rings is 1. The summed E-state index contributed by atoms with van der Waals surface area (Å²) in [5.41, 5.74) is 7.36. The van der Waals surface area contributed by atoms with Crippen molar-refractivity contribution in [3.8, 4) is 22.8 Å². The van der Waals surface area contributed by atoms with Crippen molar-refractivity contribution in [1.29, 1.82) is 0 Å². The number of nitro groups is 1. The third-order valence-corrected chi connectivity index (χ3v) is 2.77. The summed E-state index contributed by atoms with van der Waals surface area (Å²) in [5.74, 6) is 0.616. The van der Waals surface area contributed by atoms with E-state index in [1.54, 1.807) is 24.4 Å². The number of aromatic nitrogens is 3. The topological polar surface area (TPSA) is 121 Å². The van der Waals surface area contributed by atoms with Crippen LogP contribution in [0.15, 0.2) is 47.2 Å². The Balaban J connectivity index is 1.93. The Kier molecular flexibility index (Phi) is 3.03. The second kappa shape index (κ2) is 5.00. The van der Waals surface area contributed by atoms with E-state index < -0.39 is 4.92 Å². The first-order chi connectivity index (χ1) is 10.1. The normalized spacial score (nSPS) is 10.5. The van der Waals surface area contributed by atoms with Gasteiger partial charge in [0.25, 0.3) is 11.6 Å². The van der Waals surface area contributed by atoms with Crippen LogP contribution in [-0.2, 0) is 0 Å². The molecule has 0 radical (unpaired) electrons. The van der Waals surface area contributed by atoms with Crippen LogP contribution in [0.3, 0.4) is 0 Å². The summed E-state index contributed by atoms with van der Waals surface area (Å²) in [7, 11) is 0. The SMILES string of the molecule is Nc1cncc(-c2nc(-c3ccc([N+](=O)[O-])cc3)no2)c1. The fourth-order valence-corrected chi connectivity index (χ4v) is 1.76. The number of nitro benzene ring substituents is 1.